The molecule has 0 aromatic heterocycles. The predicted octanol–water partition coefficient (Wildman–Crippen LogP) is 3.87. The van der Waals surface area contributed by atoms with Crippen molar-refractivity contribution >= 4 is 5.97 Å². The van der Waals surface area contributed by atoms with E-state index < -0.39 is 5.97 Å². The van der Waals surface area contributed by atoms with E-state index in [2.05, 4.69) is 20.4 Å². The molecule has 0 radical (unpaired) electrons. The molecule has 2 heteroatoms. The second kappa shape index (κ2) is 4.15. The van der Waals surface area contributed by atoms with E-state index in [9.17, 15) is 4.79 Å². The van der Waals surface area contributed by atoms with Gasteiger partial charge >= 0.3 is 5.97 Å². The highest BCUT2D eigenvalue weighted by molar-refractivity contribution is 5.78. The van der Waals surface area contributed by atoms with Crippen LogP contribution in [0.15, 0.2) is 12.7 Å². The summed E-state index contributed by atoms with van der Waals surface area (Å²) in [5, 5.41) is 7.60. The first-order valence-electron chi connectivity index (χ1n) is 6.70. The normalized spacial score (nSPS) is 46.0. The van der Waals surface area contributed by atoms with E-state index in [0.717, 1.165) is 28.7 Å². The minimum Gasteiger partial charge on any atom is -0.478 e. The third-order valence-electron chi connectivity index (χ3n) is 4.82. The molecule has 0 heterocycles. The van der Waals surface area contributed by atoms with Gasteiger partial charge < -0.3 is 5.11 Å². The second-order valence-corrected chi connectivity index (χ2v) is 7.12. The van der Waals surface area contributed by atoms with Gasteiger partial charge in [-0.05, 0) is 61.2 Å². The zero-order valence-corrected chi connectivity index (χ0v) is 11.0. The van der Waals surface area contributed by atoms with Crippen molar-refractivity contribution < 1.29 is 9.90 Å². The van der Waals surface area contributed by atoms with Crippen molar-refractivity contribution in [2.24, 2.45) is 22.7 Å². The monoisotopic (exact) mass is 236 g/mol. The molecule has 4 fully saturated rings. The summed E-state index contributed by atoms with van der Waals surface area (Å²) >= 11 is 0. The van der Waals surface area contributed by atoms with Gasteiger partial charge in [-0.2, -0.15) is 0 Å². The van der Waals surface area contributed by atoms with Crippen LogP contribution in [-0.4, -0.2) is 11.1 Å². The van der Waals surface area contributed by atoms with E-state index >= 15 is 0 Å². The van der Waals surface area contributed by atoms with E-state index in [1.165, 1.54) is 6.42 Å². The Morgan fingerprint density at radius 2 is 1.53 bits per heavy atom. The fraction of sp³-hybridized carbons (Fsp3) is 0.800. The molecule has 0 atom stereocenters. The van der Waals surface area contributed by atoms with E-state index in [1.54, 1.807) is 32.1 Å². The number of hydrogen-bond donors (Lipinski definition) is 1. The van der Waals surface area contributed by atoms with Crippen LogP contribution in [0.5, 0.6) is 0 Å². The van der Waals surface area contributed by atoms with Gasteiger partial charge in [0.1, 0.15) is 0 Å². The van der Waals surface area contributed by atoms with E-state index in [1.807, 2.05) is 0 Å². The SMILES string of the molecule is C=CC(=O)O.CC12CC3CC(C1)CC(C)(C3)C2. The maximum atomic E-state index is 9.25. The van der Waals surface area contributed by atoms with Crippen molar-refractivity contribution in [3.63, 3.8) is 0 Å². The van der Waals surface area contributed by atoms with Crippen molar-refractivity contribution in [2.75, 3.05) is 0 Å². The number of carboxylic acid groups (broad SMARTS) is 1. The maximum Gasteiger partial charge on any atom is 0.327 e. The van der Waals surface area contributed by atoms with Gasteiger partial charge in [-0.3, -0.25) is 0 Å². The fourth-order valence-electron chi connectivity index (χ4n) is 5.22. The summed E-state index contributed by atoms with van der Waals surface area (Å²) in [5.41, 5.74) is 1.53. The molecule has 2 nitrogen and oxygen atoms in total. The number of hydrogen-bond acceptors (Lipinski definition) is 1. The van der Waals surface area contributed by atoms with Crippen molar-refractivity contribution in [2.45, 2.75) is 52.4 Å². The van der Waals surface area contributed by atoms with Gasteiger partial charge in [-0.1, -0.05) is 20.4 Å². The van der Waals surface area contributed by atoms with Crippen LogP contribution in [0.2, 0.25) is 0 Å². The second-order valence-electron chi connectivity index (χ2n) is 7.12. The summed E-state index contributed by atoms with van der Waals surface area (Å²) in [5.74, 6) is 1.24. The van der Waals surface area contributed by atoms with Crippen LogP contribution in [0, 0.1) is 22.7 Å². The van der Waals surface area contributed by atoms with Crippen LogP contribution < -0.4 is 0 Å². The number of aliphatic carboxylic acids is 1. The first-order chi connectivity index (χ1) is 7.84. The summed E-state index contributed by atoms with van der Waals surface area (Å²) in [6.07, 6.45) is 10.2. The highest BCUT2D eigenvalue weighted by Crippen LogP contribution is 2.64. The van der Waals surface area contributed by atoms with E-state index in [-0.39, 0.29) is 0 Å². The molecule has 0 amide bonds. The van der Waals surface area contributed by atoms with Gasteiger partial charge in [0.2, 0.25) is 0 Å². The van der Waals surface area contributed by atoms with Crippen molar-refractivity contribution in [1.29, 1.82) is 0 Å². The third-order valence-corrected chi connectivity index (χ3v) is 4.82. The lowest BCUT2D eigenvalue weighted by molar-refractivity contribution is -0.131. The van der Waals surface area contributed by atoms with Gasteiger partial charge in [0.15, 0.2) is 0 Å². The molecular formula is C15H24O2. The van der Waals surface area contributed by atoms with Crippen LogP contribution in [0.1, 0.15) is 52.4 Å². The Morgan fingerprint density at radius 3 is 1.76 bits per heavy atom. The van der Waals surface area contributed by atoms with Crippen molar-refractivity contribution in [1.82, 2.24) is 0 Å². The molecule has 4 rings (SSSR count). The standard InChI is InChI=1S/C12H20.C3H4O2/c1-11-4-9-3-10(5-11)7-12(2,6-9)8-11;1-2-3(4)5/h9-10H,3-8H2,1-2H3;2H,1H2,(H,4,5). The number of carbonyl (C=O) groups is 1. The molecule has 4 bridgehead atoms. The van der Waals surface area contributed by atoms with Crippen LogP contribution in [0.3, 0.4) is 0 Å². The Kier molecular flexibility index (Phi) is 3.09. The van der Waals surface area contributed by atoms with Crippen LogP contribution in [0.25, 0.3) is 0 Å². The molecule has 0 spiro atoms. The summed E-state index contributed by atoms with van der Waals surface area (Å²) in [6.45, 7) is 8.05. The predicted molar refractivity (Wildman–Crippen MR) is 68.7 cm³/mol. The third kappa shape index (κ3) is 2.72. The molecule has 4 saturated carbocycles. The quantitative estimate of drug-likeness (QED) is 0.702. The van der Waals surface area contributed by atoms with Crippen molar-refractivity contribution in [3.8, 4) is 0 Å². The van der Waals surface area contributed by atoms with E-state index in [0.29, 0.717) is 0 Å². The molecule has 17 heavy (non-hydrogen) atoms. The molecular weight excluding hydrogens is 212 g/mol. The van der Waals surface area contributed by atoms with Gasteiger partial charge in [-0.25, -0.2) is 4.79 Å². The summed E-state index contributed by atoms with van der Waals surface area (Å²) in [4.78, 5) is 9.25. The van der Waals surface area contributed by atoms with Crippen LogP contribution >= 0.6 is 0 Å². The molecule has 0 aromatic rings. The summed E-state index contributed by atoms with van der Waals surface area (Å²) in [6, 6.07) is 0. The average molecular weight is 236 g/mol. The first-order valence-corrected chi connectivity index (χ1v) is 6.70. The zero-order chi connectivity index (χ0) is 12.7. The van der Waals surface area contributed by atoms with Gasteiger partial charge in [0.25, 0.3) is 0 Å². The molecule has 4 aliphatic rings. The fourth-order valence-corrected chi connectivity index (χ4v) is 5.22. The summed E-state index contributed by atoms with van der Waals surface area (Å²) in [7, 11) is 0. The lowest BCUT2D eigenvalue weighted by Crippen LogP contribution is -2.49. The molecule has 1 N–H and O–H groups in total. The maximum absolute atomic E-state index is 9.25. The van der Waals surface area contributed by atoms with E-state index in [4.69, 9.17) is 5.11 Å². The topological polar surface area (TPSA) is 37.3 Å². The number of rotatable bonds is 1. The van der Waals surface area contributed by atoms with Crippen molar-refractivity contribution in [3.05, 3.63) is 12.7 Å². The average Bonchev–Trinajstić information content (AvgIpc) is 2.12. The van der Waals surface area contributed by atoms with Gasteiger partial charge in [0.05, 0.1) is 0 Å². The minimum atomic E-state index is -0.981. The molecule has 4 aliphatic carbocycles. The lowest BCUT2D eigenvalue weighted by Gasteiger charge is -2.60. The van der Waals surface area contributed by atoms with Gasteiger partial charge in [-0.15, -0.1) is 0 Å². The Balaban J connectivity index is 0.000000188. The summed E-state index contributed by atoms with van der Waals surface area (Å²) < 4.78 is 0. The first kappa shape index (κ1) is 12.7. The highest BCUT2D eigenvalue weighted by atomic mass is 16.4. The van der Waals surface area contributed by atoms with Crippen LogP contribution in [0.4, 0.5) is 0 Å². The lowest BCUT2D eigenvalue weighted by atomic mass is 9.45. The van der Waals surface area contributed by atoms with Crippen LogP contribution in [-0.2, 0) is 4.79 Å². The Hall–Kier alpha value is -0.790. The highest BCUT2D eigenvalue weighted by Gasteiger charge is 2.53. The largest absolute Gasteiger partial charge is 0.478 e. The molecule has 96 valence electrons. The zero-order valence-electron chi connectivity index (χ0n) is 11.0. The molecule has 0 unspecified atom stereocenters. The Bertz CT molecular complexity index is 298. The molecule has 0 aromatic carbocycles. The Labute approximate surface area is 104 Å². The smallest absolute Gasteiger partial charge is 0.327 e. The molecule has 0 aliphatic heterocycles. The molecule has 0 saturated heterocycles. The Morgan fingerprint density at radius 1 is 1.18 bits per heavy atom. The minimum absolute atomic E-state index is 0.763. The number of carboxylic acids is 1. The van der Waals surface area contributed by atoms with Gasteiger partial charge in [0, 0.05) is 6.08 Å².